The number of nitrogens with two attached hydrogens (primary N) is 2. The fourth-order valence-electron chi connectivity index (χ4n) is 1.46. The molecule has 0 spiro atoms. The molecule has 0 saturated heterocycles. The number of hydrogen-bond donors (Lipinski definition) is 3. The van der Waals surface area contributed by atoms with Crippen LogP contribution in [0, 0.1) is 0 Å². The number of rotatable bonds is 2. The van der Waals surface area contributed by atoms with Crippen LogP contribution in [0.15, 0.2) is 38.6 Å². The molecule has 0 saturated carbocycles. The van der Waals surface area contributed by atoms with Crippen LogP contribution in [0.2, 0.25) is 0 Å². The third kappa shape index (κ3) is 2.30. The molecule has 5 N–H and O–H groups in total. The van der Waals surface area contributed by atoms with E-state index in [4.69, 9.17) is 15.9 Å². The number of nitrogens with zero attached hydrogens (tertiary/aromatic N) is 1. The number of hydrogen-bond acceptors (Lipinski definition) is 5. The standard InChI is InChI=1S/C11H10N4O2S/c12-10-7(5-14-15-11(13)18)9(16)6-3-1-2-4-8(6)17-10/h1-5H,12H2,(H3,13,15,18)/b14-5+. The predicted molar refractivity (Wildman–Crippen MR) is 74.4 cm³/mol. The third-order valence-corrected chi connectivity index (χ3v) is 2.32. The summed E-state index contributed by atoms with van der Waals surface area (Å²) in [4.78, 5) is 12.1. The SMILES string of the molecule is NC(=S)N/N=C/c1c(N)oc2ccccc2c1=O. The van der Waals surface area contributed by atoms with Gasteiger partial charge in [0, 0.05) is 0 Å². The van der Waals surface area contributed by atoms with E-state index in [1.165, 1.54) is 6.21 Å². The highest BCUT2D eigenvalue weighted by molar-refractivity contribution is 7.80. The molecular weight excluding hydrogens is 252 g/mol. The number of benzene rings is 1. The predicted octanol–water partition coefficient (Wildman–Crippen LogP) is 0.542. The van der Waals surface area contributed by atoms with Crippen LogP contribution >= 0.6 is 12.2 Å². The van der Waals surface area contributed by atoms with Gasteiger partial charge in [-0.25, -0.2) is 0 Å². The molecule has 0 atom stereocenters. The van der Waals surface area contributed by atoms with E-state index in [-0.39, 0.29) is 22.0 Å². The van der Waals surface area contributed by atoms with Crippen LogP contribution in [0.1, 0.15) is 5.56 Å². The van der Waals surface area contributed by atoms with Gasteiger partial charge in [0.05, 0.1) is 11.6 Å². The maximum absolute atomic E-state index is 12.1. The summed E-state index contributed by atoms with van der Waals surface area (Å²) >= 11 is 4.57. The summed E-state index contributed by atoms with van der Waals surface area (Å²) in [6.45, 7) is 0. The first-order chi connectivity index (χ1) is 8.59. The van der Waals surface area contributed by atoms with Crippen molar-refractivity contribution in [3.63, 3.8) is 0 Å². The number of para-hydroxylation sites is 1. The first-order valence-electron chi connectivity index (χ1n) is 4.99. The Morgan fingerprint density at radius 2 is 2.17 bits per heavy atom. The maximum Gasteiger partial charge on any atom is 0.203 e. The first kappa shape index (κ1) is 12.1. The molecule has 0 amide bonds. The fraction of sp³-hybridized carbons (Fsp3) is 0. The lowest BCUT2D eigenvalue weighted by Crippen LogP contribution is -2.24. The molecule has 0 unspecified atom stereocenters. The fourth-order valence-corrected chi connectivity index (χ4v) is 1.51. The molecule has 1 heterocycles. The lowest BCUT2D eigenvalue weighted by Gasteiger charge is -2.02. The van der Waals surface area contributed by atoms with E-state index < -0.39 is 0 Å². The van der Waals surface area contributed by atoms with E-state index >= 15 is 0 Å². The van der Waals surface area contributed by atoms with Gasteiger partial charge in [0.15, 0.2) is 5.11 Å². The highest BCUT2D eigenvalue weighted by Crippen LogP contribution is 2.15. The Hall–Kier alpha value is -2.41. The van der Waals surface area contributed by atoms with E-state index in [0.29, 0.717) is 11.0 Å². The minimum absolute atomic E-state index is 0.00463. The lowest BCUT2D eigenvalue weighted by molar-refractivity contribution is 0.624. The van der Waals surface area contributed by atoms with Crippen molar-refractivity contribution in [3.05, 3.63) is 40.1 Å². The average Bonchev–Trinajstić information content (AvgIpc) is 2.33. The normalized spacial score (nSPS) is 10.9. The molecule has 92 valence electrons. The zero-order valence-corrected chi connectivity index (χ0v) is 10.0. The van der Waals surface area contributed by atoms with Crippen molar-refractivity contribution in [1.82, 2.24) is 5.43 Å². The summed E-state index contributed by atoms with van der Waals surface area (Å²) < 4.78 is 5.33. The monoisotopic (exact) mass is 262 g/mol. The largest absolute Gasteiger partial charge is 0.440 e. The Kier molecular flexibility index (Phi) is 3.24. The summed E-state index contributed by atoms with van der Waals surface area (Å²) in [6.07, 6.45) is 1.23. The summed E-state index contributed by atoms with van der Waals surface area (Å²) in [5.74, 6) is -0.00723. The molecule has 0 fully saturated rings. The van der Waals surface area contributed by atoms with Gasteiger partial charge in [-0.2, -0.15) is 5.10 Å². The van der Waals surface area contributed by atoms with Gasteiger partial charge in [-0.15, -0.1) is 0 Å². The van der Waals surface area contributed by atoms with Crippen molar-refractivity contribution in [2.45, 2.75) is 0 Å². The smallest absolute Gasteiger partial charge is 0.203 e. The van der Waals surface area contributed by atoms with Gasteiger partial charge in [0.25, 0.3) is 0 Å². The van der Waals surface area contributed by atoms with Crippen molar-refractivity contribution >= 4 is 40.4 Å². The van der Waals surface area contributed by atoms with Crippen molar-refractivity contribution in [2.75, 3.05) is 5.73 Å². The summed E-state index contributed by atoms with van der Waals surface area (Å²) in [7, 11) is 0. The minimum Gasteiger partial charge on any atom is -0.440 e. The Balaban J connectivity index is 2.54. The van der Waals surface area contributed by atoms with Gasteiger partial charge in [-0.1, -0.05) is 12.1 Å². The molecule has 7 heteroatoms. The highest BCUT2D eigenvalue weighted by Gasteiger charge is 2.09. The van der Waals surface area contributed by atoms with E-state index in [0.717, 1.165) is 0 Å². The third-order valence-electron chi connectivity index (χ3n) is 2.23. The molecule has 1 aromatic carbocycles. The van der Waals surface area contributed by atoms with Crippen LogP contribution < -0.4 is 22.3 Å². The van der Waals surface area contributed by atoms with Gasteiger partial charge in [0.2, 0.25) is 11.3 Å². The molecule has 1 aromatic heterocycles. The molecule has 18 heavy (non-hydrogen) atoms. The molecule has 0 radical (unpaired) electrons. The van der Waals surface area contributed by atoms with Gasteiger partial charge in [0.1, 0.15) is 11.1 Å². The molecule has 0 bridgehead atoms. The van der Waals surface area contributed by atoms with Crippen molar-refractivity contribution in [2.24, 2.45) is 10.8 Å². The average molecular weight is 262 g/mol. The van der Waals surface area contributed by atoms with Crippen LogP contribution in [0.3, 0.4) is 0 Å². The van der Waals surface area contributed by atoms with Crippen LogP contribution in [-0.4, -0.2) is 11.3 Å². The number of nitrogen functional groups attached to an aromatic ring is 1. The topological polar surface area (TPSA) is 107 Å². The molecular formula is C11H10N4O2S. The maximum atomic E-state index is 12.1. The number of nitrogens with one attached hydrogen (secondary N) is 1. The van der Waals surface area contributed by atoms with Crippen molar-refractivity contribution in [3.8, 4) is 0 Å². The number of thiocarbonyl (C=S) groups is 1. The van der Waals surface area contributed by atoms with Crippen LogP contribution in [-0.2, 0) is 0 Å². The minimum atomic E-state index is -0.261. The highest BCUT2D eigenvalue weighted by atomic mass is 32.1. The Morgan fingerprint density at radius 1 is 1.44 bits per heavy atom. The Bertz CT molecular complexity index is 693. The van der Waals surface area contributed by atoms with E-state index in [1.807, 2.05) is 0 Å². The van der Waals surface area contributed by atoms with Gasteiger partial charge >= 0.3 is 0 Å². The number of fused-ring (bicyclic) bond motifs is 1. The van der Waals surface area contributed by atoms with Crippen molar-refractivity contribution < 1.29 is 4.42 Å². The van der Waals surface area contributed by atoms with Crippen LogP contribution in [0.25, 0.3) is 11.0 Å². The summed E-state index contributed by atoms with van der Waals surface area (Å²) in [6, 6.07) is 6.82. The van der Waals surface area contributed by atoms with Crippen LogP contribution in [0.4, 0.5) is 5.88 Å². The lowest BCUT2D eigenvalue weighted by atomic mass is 10.2. The second-order valence-corrected chi connectivity index (χ2v) is 3.88. The quantitative estimate of drug-likeness (QED) is 0.414. The second-order valence-electron chi connectivity index (χ2n) is 3.44. The van der Waals surface area contributed by atoms with Gasteiger partial charge in [-0.05, 0) is 24.4 Å². The molecule has 0 aliphatic rings. The Morgan fingerprint density at radius 3 is 2.89 bits per heavy atom. The molecule has 0 aliphatic heterocycles. The summed E-state index contributed by atoms with van der Waals surface area (Å²) in [5, 5.41) is 4.12. The molecule has 0 aliphatic carbocycles. The number of anilines is 1. The molecule has 6 nitrogen and oxygen atoms in total. The van der Waals surface area contributed by atoms with E-state index in [9.17, 15) is 4.79 Å². The molecule has 2 aromatic rings. The zero-order valence-electron chi connectivity index (χ0n) is 9.21. The van der Waals surface area contributed by atoms with Crippen molar-refractivity contribution in [1.29, 1.82) is 0 Å². The summed E-state index contributed by atoms with van der Waals surface area (Å²) in [5.41, 5.74) is 13.5. The van der Waals surface area contributed by atoms with Gasteiger partial charge in [-0.3, -0.25) is 10.2 Å². The Labute approximate surface area is 107 Å². The molecule has 2 rings (SSSR count). The first-order valence-corrected chi connectivity index (χ1v) is 5.40. The van der Waals surface area contributed by atoms with E-state index in [1.54, 1.807) is 24.3 Å². The van der Waals surface area contributed by atoms with Crippen LogP contribution in [0.5, 0.6) is 0 Å². The van der Waals surface area contributed by atoms with Gasteiger partial charge < -0.3 is 15.9 Å². The zero-order chi connectivity index (χ0) is 13.1. The van der Waals surface area contributed by atoms with E-state index in [2.05, 4.69) is 22.7 Å². The number of hydrazone groups is 1. The second kappa shape index (κ2) is 4.84.